The minimum Gasteiger partial charge on any atom is -0.419 e. The first kappa shape index (κ1) is 10.1. The summed E-state index contributed by atoms with van der Waals surface area (Å²) >= 11 is 0. The molecule has 0 saturated carbocycles. The van der Waals surface area contributed by atoms with Gasteiger partial charge in [-0.1, -0.05) is 0 Å². The first-order valence-corrected chi connectivity index (χ1v) is 6.52. The lowest BCUT2D eigenvalue weighted by Gasteiger charge is -1.94. The summed E-state index contributed by atoms with van der Waals surface area (Å²) in [5.41, 5.74) is 5.34. The second kappa shape index (κ2) is 3.25. The fourth-order valence-corrected chi connectivity index (χ4v) is 3.21. The van der Waals surface area contributed by atoms with Crippen LogP contribution in [0.5, 0.6) is 0 Å². The third-order valence-electron chi connectivity index (χ3n) is 4.08. The van der Waals surface area contributed by atoms with Crippen molar-refractivity contribution in [2.24, 2.45) is 7.05 Å². The molecule has 0 amide bonds. The second-order valence-corrected chi connectivity index (χ2v) is 5.13. The Kier molecular flexibility index (Phi) is 1.65. The summed E-state index contributed by atoms with van der Waals surface area (Å²) in [7, 11) is 2.07. The third kappa shape index (κ3) is 1.02. The van der Waals surface area contributed by atoms with Crippen LogP contribution in [0.2, 0.25) is 0 Å². The molecule has 1 aliphatic heterocycles. The Morgan fingerprint density at radius 3 is 3.00 bits per heavy atom. The summed E-state index contributed by atoms with van der Waals surface area (Å²) in [5, 5.41) is 1.05. The Hall–Kier alpha value is -2.69. The maximum atomic E-state index is 6.03. The van der Waals surface area contributed by atoms with E-state index in [1.807, 2.05) is 24.7 Å². The van der Waals surface area contributed by atoms with Crippen molar-refractivity contribution in [2.45, 2.75) is 6.54 Å². The van der Waals surface area contributed by atoms with Gasteiger partial charge >= 0.3 is 5.71 Å². The molecule has 96 valence electrons. The van der Waals surface area contributed by atoms with Crippen molar-refractivity contribution in [3.63, 3.8) is 0 Å². The molecule has 5 nitrogen and oxygen atoms in total. The molecule has 0 N–H and O–H groups in total. The van der Waals surface area contributed by atoms with Crippen molar-refractivity contribution in [3.8, 4) is 11.4 Å². The summed E-state index contributed by atoms with van der Waals surface area (Å²) in [5.74, 6) is 1.15. The van der Waals surface area contributed by atoms with Gasteiger partial charge in [-0.2, -0.15) is 4.57 Å². The van der Waals surface area contributed by atoms with Crippen molar-refractivity contribution < 1.29 is 8.98 Å². The van der Waals surface area contributed by atoms with Crippen molar-refractivity contribution in [1.29, 1.82) is 0 Å². The average molecular weight is 263 g/mol. The van der Waals surface area contributed by atoms with Crippen molar-refractivity contribution in [1.82, 2.24) is 14.5 Å². The van der Waals surface area contributed by atoms with Gasteiger partial charge in [-0.05, 0) is 6.07 Å². The number of hydrogen-bond acceptors (Lipinski definition) is 3. The highest BCUT2D eigenvalue weighted by Gasteiger charge is 2.36. The van der Waals surface area contributed by atoms with Crippen LogP contribution in [0.15, 0.2) is 41.3 Å². The summed E-state index contributed by atoms with van der Waals surface area (Å²) in [6.07, 6.45) is 7.38. The molecule has 0 atom stereocenters. The van der Waals surface area contributed by atoms with E-state index < -0.39 is 0 Å². The van der Waals surface area contributed by atoms with Crippen LogP contribution in [0.1, 0.15) is 5.56 Å². The highest BCUT2D eigenvalue weighted by atomic mass is 16.3. The summed E-state index contributed by atoms with van der Waals surface area (Å²) in [4.78, 5) is 8.45. The minimum absolute atomic E-state index is 0.831. The number of aromatic nitrogens is 4. The molecule has 4 aromatic rings. The number of aryl methyl sites for hydroxylation is 1. The topological polar surface area (TPSA) is 47.7 Å². The van der Waals surface area contributed by atoms with Gasteiger partial charge < -0.3 is 4.42 Å². The predicted octanol–water partition coefficient (Wildman–Crippen LogP) is 2.03. The predicted molar refractivity (Wildman–Crippen MR) is 73.0 cm³/mol. The molecule has 0 bridgehead atoms. The lowest BCUT2D eigenvalue weighted by atomic mass is 10.2. The Morgan fingerprint density at radius 1 is 1.20 bits per heavy atom. The molecule has 0 spiro atoms. The van der Waals surface area contributed by atoms with Gasteiger partial charge in [0.25, 0.3) is 5.82 Å². The fraction of sp³-hybridized carbons (Fsp3) is 0.133. The summed E-state index contributed by atoms with van der Waals surface area (Å²) in [6.45, 7) is 0.831. The van der Waals surface area contributed by atoms with E-state index in [1.165, 1.54) is 11.1 Å². The average Bonchev–Trinajstić information content (AvgIpc) is 3.10. The van der Waals surface area contributed by atoms with Crippen LogP contribution in [0, 0.1) is 0 Å². The van der Waals surface area contributed by atoms with Crippen molar-refractivity contribution in [3.05, 3.63) is 42.5 Å². The maximum absolute atomic E-state index is 6.03. The molecule has 0 fully saturated rings. The Labute approximate surface area is 114 Å². The number of pyridine rings is 2. The van der Waals surface area contributed by atoms with E-state index in [0.29, 0.717) is 0 Å². The molecule has 5 rings (SSSR count). The van der Waals surface area contributed by atoms with Gasteiger partial charge in [-0.3, -0.25) is 9.97 Å². The molecule has 0 aromatic carbocycles. The SMILES string of the molecule is Cn1c2[n+](c3oc4ccncc4c31)Cc1ccncc1-2. The number of imidazole rings is 1. The van der Waals surface area contributed by atoms with Crippen LogP contribution in [0.4, 0.5) is 0 Å². The van der Waals surface area contributed by atoms with Crippen LogP contribution in [0.25, 0.3) is 33.6 Å². The Bertz CT molecular complexity index is 996. The van der Waals surface area contributed by atoms with Crippen LogP contribution >= 0.6 is 0 Å². The van der Waals surface area contributed by atoms with E-state index in [-0.39, 0.29) is 0 Å². The van der Waals surface area contributed by atoms with E-state index in [1.54, 1.807) is 6.20 Å². The van der Waals surface area contributed by atoms with E-state index in [9.17, 15) is 0 Å². The maximum Gasteiger partial charge on any atom is 0.339 e. The molecular weight excluding hydrogens is 252 g/mol. The zero-order valence-corrected chi connectivity index (χ0v) is 10.9. The second-order valence-electron chi connectivity index (χ2n) is 5.13. The first-order valence-electron chi connectivity index (χ1n) is 6.52. The third-order valence-corrected chi connectivity index (χ3v) is 4.08. The smallest absolute Gasteiger partial charge is 0.339 e. The summed E-state index contributed by atoms with van der Waals surface area (Å²) in [6, 6.07) is 3.98. The standard InChI is InChI=1S/C15H11N4O/c1-18-13-11-7-17-5-3-12(11)20-15(13)19-8-9-2-4-16-6-10(9)14(18)19/h2-7H,8H2,1H3/q+1. The van der Waals surface area contributed by atoms with E-state index >= 15 is 0 Å². The van der Waals surface area contributed by atoms with Gasteiger partial charge in [0, 0.05) is 36.4 Å². The lowest BCUT2D eigenvalue weighted by Crippen LogP contribution is -2.31. The van der Waals surface area contributed by atoms with Gasteiger partial charge in [-0.15, -0.1) is 0 Å². The number of fused-ring (bicyclic) bond motifs is 7. The molecule has 20 heavy (non-hydrogen) atoms. The zero-order valence-electron chi connectivity index (χ0n) is 10.9. The molecule has 5 heteroatoms. The Morgan fingerprint density at radius 2 is 2.05 bits per heavy atom. The summed E-state index contributed by atoms with van der Waals surface area (Å²) < 4.78 is 10.4. The minimum atomic E-state index is 0.831. The molecule has 1 aliphatic rings. The van der Waals surface area contributed by atoms with Gasteiger partial charge in [-0.25, -0.2) is 4.57 Å². The molecule has 4 aromatic heterocycles. The zero-order chi connectivity index (χ0) is 13.3. The van der Waals surface area contributed by atoms with Gasteiger partial charge in [0.1, 0.15) is 12.1 Å². The van der Waals surface area contributed by atoms with Gasteiger partial charge in [0.15, 0.2) is 0 Å². The monoisotopic (exact) mass is 263 g/mol. The number of hydrogen-bond donors (Lipinski definition) is 0. The largest absolute Gasteiger partial charge is 0.419 e. The van der Waals surface area contributed by atoms with Crippen LogP contribution in [0.3, 0.4) is 0 Å². The first-order chi connectivity index (χ1) is 9.84. The van der Waals surface area contributed by atoms with Gasteiger partial charge in [0.2, 0.25) is 5.52 Å². The molecule has 0 radical (unpaired) electrons. The molecule has 0 saturated heterocycles. The van der Waals surface area contributed by atoms with Crippen LogP contribution in [-0.2, 0) is 13.6 Å². The molecular formula is C15H11N4O+. The van der Waals surface area contributed by atoms with Crippen LogP contribution in [-0.4, -0.2) is 14.5 Å². The van der Waals surface area contributed by atoms with Crippen molar-refractivity contribution in [2.75, 3.05) is 0 Å². The normalized spacial score (nSPS) is 13.1. The Balaban J connectivity index is 1.98. The van der Waals surface area contributed by atoms with E-state index in [2.05, 4.69) is 32.2 Å². The number of rotatable bonds is 0. The molecule has 0 aliphatic carbocycles. The lowest BCUT2D eigenvalue weighted by molar-refractivity contribution is -0.652. The van der Waals surface area contributed by atoms with E-state index in [4.69, 9.17) is 4.42 Å². The molecule has 0 unspecified atom stereocenters. The highest BCUT2D eigenvalue weighted by molar-refractivity contribution is 6.01. The van der Waals surface area contributed by atoms with Crippen LogP contribution < -0.4 is 4.57 Å². The van der Waals surface area contributed by atoms with Gasteiger partial charge in [0.05, 0.1) is 18.0 Å². The number of nitrogens with zero attached hydrogens (tertiary/aromatic N) is 4. The highest BCUT2D eigenvalue weighted by Crippen LogP contribution is 2.34. The quantitative estimate of drug-likeness (QED) is 0.402. The number of furan rings is 1. The molecule has 5 heterocycles. The van der Waals surface area contributed by atoms with E-state index in [0.717, 1.165) is 34.6 Å². The van der Waals surface area contributed by atoms with Crippen molar-refractivity contribution >= 4 is 22.2 Å². The fourth-order valence-electron chi connectivity index (χ4n) is 3.21.